The van der Waals surface area contributed by atoms with Crippen molar-refractivity contribution in [3.05, 3.63) is 16.5 Å². The van der Waals surface area contributed by atoms with Gasteiger partial charge in [-0.3, -0.25) is 5.10 Å². The molecule has 1 aliphatic heterocycles. The summed E-state index contributed by atoms with van der Waals surface area (Å²) in [5.41, 5.74) is 5.89. The molecule has 1 saturated heterocycles. The molecular weight excluding hydrogens is 270 g/mol. The van der Waals surface area contributed by atoms with E-state index in [9.17, 15) is 0 Å². The maximum absolute atomic E-state index is 5.91. The van der Waals surface area contributed by atoms with E-state index in [0.717, 1.165) is 46.9 Å². The first kappa shape index (κ1) is 12.0. The highest BCUT2D eigenvalue weighted by Crippen LogP contribution is 2.29. The molecule has 18 heavy (non-hydrogen) atoms. The highest BCUT2D eigenvalue weighted by molar-refractivity contribution is 7.19. The molecule has 1 fully saturated rings. The van der Waals surface area contributed by atoms with Crippen molar-refractivity contribution in [2.75, 3.05) is 18.0 Å². The van der Waals surface area contributed by atoms with Crippen LogP contribution in [0.1, 0.15) is 12.8 Å². The number of nitrogens with one attached hydrogen (secondary N) is 1. The molecule has 0 aliphatic carbocycles. The predicted molar refractivity (Wildman–Crippen MR) is 74.1 cm³/mol. The average Bonchev–Trinajstić information content (AvgIpc) is 2.98. The van der Waals surface area contributed by atoms with Gasteiger partial charge in [0.25, 0.3) is 0 Å². The van der Waals surface area contributed by atoms with Gasteiger partial charge in [0.05, 0.1) is 9.21 Å². The summed E-state index contributed by atoms with van der Waals surface area (Å²) in [6, 6.07) is 4.13. The molecule has 0 bridgehead atoms. The van der Waals surface area contributed by atoms with Crippen LogP contribution in [0.5, 0.6) is 0 Å². The molecular formula is C11H14ClN5S. The van der Waals surface area contributed by atoms with Gasteiger partial charge in [-0.2, -0.15) is 4.98 Å². The van der Waals surface area contributed by atoms with Crippen molar-refractivity contribution in [2.45, 2.75) is 18.9 Å². The number of aromatic amines is 1. The molecule has 0 amide bonds. The fourth-order valence-corrected chi connectivity index (χ4v) is 3.03. The summed E-state index contributed by atoms with van der Waals surface area (Å²) in [6.45, 7) is 1.84. The lowest BCUT2D eigenvalue weighted by Gasteiger charge is -2.28. The number of anilines is 1. The largest absolute Gasteiger partial charge is 0.339 e. The molecule has 1 aliphatic rings. The number of thiophene rings is 1. The van der Waals surface area contributed by atoms with Gasteiger partial charge in [-0.05, 0) is 25.0 Å². The van der Waals surface area contributed by atoms with Gasteiger partial charge in [0.1, 0.15) is 0 Å². The zero-order valence-corrected chi connectivity index (χ0v) is 11.3. The standard InChI is InChI=1S/C11H14ClN5S/c12-9-2-1-8(18-9)10-14-11(16-15-10)17-5-3-7(13)4-6-17/h1-2,7H,3-6,13H2,(H,14,15,16). The highest BCUT2D eigenvalue weighted by Gasteiger charge is 2.19. The fourth-order valence-electron chi connectivity index (χ4n) is 2.05. The summed E-state index contributed by atoms with van der Waals surface area (Å²) in [6.07, 6.45) is 1.99. The van der Waals surface area contributed by atoms with Crippen LogP contribution in [0, 0.1) is 0 Å². The molecule has 96 valence electrons. The van der Waals surface area contributed by atoms with Crippen LogP contribution < -0.4 is 10.6 Å². The van der Waals surface area contributed by atoms with Crippen LogP contribution in [0.25, 0.3) is 10.7 Å². The highest BCUT2D eigenvalue weighted by atomic mass is 35.5. The van der Waals surface area contributed by atoms with Crippen LogP contribution in [0.3, 0.4) is 0 Å². The van der Waals surface area contributed by atoms with Gasteiger partial charge >= 0.3 is 0 Å². The molecule has 3 heterocycles. The zero-order chi connectivity index (χ0) is 12.5. The van der Waals surface area contributed by atoms with E-state index >= 15 is 0 Å². The third kappa shape index (κ3) is 2.36. The number of rotatable bonds is 2. The Morgan fingerprint density at radius 3 is 2.83 bits per heavy atom. The molecule has 0 unspecified atom stereocenters. The summed E-state index contributed by atoms with van der Waals surface area (Å²) >= 11 is 7.41. The Kier molecular flexibility index (Phi) is 3.23. The number of hydrogen-bond donors (Lipinski definition) is 2. The quantitative estimate of drug-likeness (QED) is 0.886. The summed E-state index contributed by atoms with van der Waals surface area (Å²) in [5.74, 6) is 1.53. The van der Waals surface area contributed by atoms with E-state index in [-0.39, 0.29) is 0 Å². The van der Waals surface area contributed by atoms with Crippen molar-refractivity contribution in [3.8, 4) is 10.7 Å². The van der Waals surface area contributed by atoms with Gasteiger partial charge < -0.3 is 10.6 Å². The van der Waals surface area contributed by atoms with Crippen LogP contribution >= 0.6 is 22.9 Å². The van der Waals surface area contributed by atoms with Crippen LogP contribution in [0.15, 0.2) is 12.1 Å². The maximum atomic E-state index is 5.91. The minimum absolute atomic E-state index is 0.316. The van der Waals surface area contributed by atoms with Gasteiger partial charge in [-0.1, -0.05) is 11.6 Å². The van der Waals surface area contributed by atoms with Gasteiger partial charge in [0.15, 0.2) is 5.82 Å². The molecule has 0 spiro atoms. The van der Waals surface area contributed by atoms with Crippen molar-refractivity contribution in [2.24, 2.45) is 5.73 Å². The SMILES string of the molecule is NC1CCN(c2n[nH]c(-c3ccc(Cl)s3)n2)CC1. The monoisotopic (exact) mass is 283 g/mol. The number of aromatic nitrogens is 3. The Morgan fingerprint density at radius 2 is 2.17 bits per heavy atom. The van der Waals surface area contributed by atoms with E-state index in [1.165, 1.54) is 11.3 Å². The summed E-state index contributed by atoms with van der Waals surface area (Å²) in [5, 5.41) is 7.22. The van der Waals surface area contributed by atoms with E-state index in [2.05, 4.69) is 20.1 Å². The molecule has 7 heteroatoms. The van der Waals surface area contributed by atoms with Crippen molar-refractivity contribution >= 4 is 28.9 Å². The molecule has 2 aromatic heterocycles. The maximum Gasteiger partial charge on any atom is 0.245 e. The Morgan fingerprint density at radius 1 is 1.39 bits per heavy atom. The summed E-state index contributed by atoms with van der Waals surface area (Å²) in [4.78, 5) is 7.68. The van der Waals surface area contributed by atoms with Crippen molar-refractivity contribution in [1.29, 1.82) is 0 Å². The van der Waals surface area contributed by atoms with E-state index < -0.39 is 0 Å². The topological polar surface area (TPSA) is 70.8 Å². The van der Waals surface area contributed by atoms with Crippen LogP contribution in [0.4, 0.5) is 5.95 Å². The number of hydrogen-bond acceptors (Lipinski definition) is 5. The third-order valence-corrected chi connectivity index (χ3v) is 4.34. The summed E-state index contributed by atoms with van der Waals surface area (Å²) in [7, 11) is 0. The van der Waals surface area contributed by atoms with Crippen LogP contribution in [-0.2, 0) is 0 Å². The van der Waals surface area contributed by atoms with Gasteiger partial charge in [0.2, 0.25) is 5.95 Å². The third-order valence-electron chi connectivity index (χ3n) is 3.10. The molecule has 0 atom stereocenters. The predicted octanol–water partition coefficient (Wildman–Crippen LogP) is 2.11. The molecule has 3 N–H and O–H groups in total. The van der Waals surface area contributed by atoms with Crippen molar-refractivity contribution in [1.82, 2.24) is 15.2 Å². The zero-order valence-electron chi connectivity index (χ0n) is 9.77. The number of nitrogens with two attached hydrogens (primary N) is 1. The number of piperidine rings is 1. The Balaban J connectivity index is 1.77. The number of halogens is 1. The van der Waals surface area contributed by atoms with E-state index in [4.69, 9.17) is 17.3 Å². The van der Waals surface area contributed by atoms with Crippen LogP contribution in [-0.4, -0.2) is 34.3 Å². The minimum Gasteiger partial charge on any atom is -0.339 e. The molecule has 3 rings (SSSR count). The van der Waals surface area contributed by atoms with Crippen molar-refractivity contribution in [3.63, 3.8) is 0 Å². The normalized spacial score (nSPS) is 17.3. The second kappa shape index (κ2) is 4.87. The smallest absolute Gasteiger partial charge is 0.245 e. The molecule has 0 aromatic carbocycles. The lowest BCUT2D eigenvalue weighted by molar-refractivity contribution is 0.496. The first-order valence-electron chi connectivity index (χ1n) is 5.91. The van der Waals surface area contributed by atoms with E-state index in [1.54, 1.807) is 0 Å². The van der Waals surface area contributed by atoms with E-state index in [1.807, 2.05) is 12.1 Å². The molecule has 2 aromatic rings. The minimum atomic E-state index is 0.316. The first-order chi connectivity index (χ1) is 8.72. The Labute approximate surface area is 114 Å². The second-order valence-corrected chi connectivity index (χ2v) is 6.13. The first-order valence-corrected chi connectivity index (χ1v) is 7.10. The lowest BCUT2D eigenvalue weighted by atomic mass is 10.1. The molecule has 0 saturated carbocycles. The summed E-state index contributed by atoms with van der Waals surface area (Å²) < 4.78 is 0.756. The Hall–Kier alpha value is -1.11. The van der Waals surface area contributed by atoms with Crippen LogP contribution in [0.2, 0.25) is 4.34 Å². The second-order valence-electron chi connectivity index (χ2n) is 4.41. The number of nitrogens with zero attached hydrogens (tertiary/aromatic N) is 3. The Bertz CT molecular complexity index is 529. The van der Waals surface area contributed by atoms with Crippen molar-refractivity contribution < 1.29 is 0 Å². The average molecular weight is 284 g/mol. The van der Waals surface area contributed by atoms with E-state index in [0.29, 0.717) is 6.04 Å². The lowest BCUT2D eigenvalue weighted by Crippen LogP contribution is -2.40. The van der Waals surface area contributed by atoms with Gasteiger partial charge in [-0.15, -0.1) is 16.4 Å². The number of H-pyrrole nitrogens is 1. The molecule has 0 radical (unpaired) electrons. The molecule has 5 nitrogen and oxygen atoms in total. The fraction of sp³-hybridized carbons (Fsp3) is 0.455. The van der Waals surface area contributed by atoms with Gasteiger partial charge in [0, 0.05) is 19.1 Å². The van der Waals surface area contributed by atoms with Gasteiger partial charge in [-0.25, -0.2) is 0 Å².